The first kappa shape index (κ1) is 45.2. The fraction of sp³-hybridized carbons (Fsp3) is 0. The van der Waals surface area contributed by atoms with Crippen molar-refractivity contribution in [2.75, 3.05) is 4.90 Å². The molecule has 0 saturated heterocycles. The number of aromatic nitrogens is 1. The van der Waals surface area contributed by atoms with Gasteiger partial charge >= 0.3 is 0 Å². The first-order valence-electron chi connectivity index (χ1n) is 24.4. The molecule has 1 heterocycles. The van der Waals surface area contributed by atoms with Crippen molar-refractivity contribution in [3.63, 3.8) is 0 Å². The summed E-state index contributed by atoms with van der Waals surface area (Å²) in [6, 6.07) is 106. The first-order chi connectivity index (χ1) is 35.6. The fourth-order valence-electron chi connectivity index (χ4n) is 11.4. The van der Waals surface area contributed by atoms with Crippen LogP contribution < -0.4 is 46.4 Å². The molecule has 0 bridgehead atoms. The molecule has 344 valence electrons. The Morgan fingerprint density at radius 1 is 0.292 bits per heavy atom. The van der Waals surface area contributed by atoms with E-state index in [0.29, 0.717) is 10.0 Å². The van der Waals surface area contributed by atoms with E-state index in [4.69, 9.17) is 23.2 Å². The van der Waals surface area contributed by atoms with E-state index in [1.54, 1.807) is 0 Å². The maximum absolute atomic E-state index is 7.73. The monoisotopic (exact) mass is 994 g/mol. The molecule has 0 spiro atoms. The van der Waals surface area contributed by atoms with Gasteiger partial charge in [0.1, 0.15) is 0 Å². The van der Waals surface area contributed by atoms with Gasteiger partial charge in [0.25, 0.3) is 0 Å². The molecule has 0 unspecified atom stereocenters. The molecule has 11 aromatic carbocycles. The molecule has 0 fully saturated rings. The molecule has 2 nitrogen and oxygen atoms in total. The molecule has 0 N–H and O–H groups in total. The van der Waals surface area contributed by atoms with Gasteiger partial charge < -0.3 is 9.47 Å². The van der Waals surface area contributed by atoms with E-state index >= 15 is 0 Å². The SMILES string of the molecule is Clc1cc(-n2c3ccccc3c3ccccc32)cc(N(c2cccc([Si](c3ccccc3)(c3ccccc3)c3ccccc3)c2)c2cccc([Si](c3ccccc3)(c3ccccc3)c3ccccc3)c2)c1Cl. The summed E-state index contributed by atoms with van der Waals surface area (Å²) in [5, 5.41) is 13.5. The number of nitrogens with zero attached hydrogens (tertiary/aromatic N) is 2. The van der Waals surface area contributed by atoms with Crippen LogP contribution in [-0.2, 0) is 0 Å². The molecule has 0 amide bonds. The summed E-state index contributed by atoms with van der Waals surface area (Å²) in [4.78, 5) is 2.35. The summed E-state index contributed by atoms with van der Waals surface area (Å²) >= 11 is 15.2. The molecule has 0 atom stereocenters. The zero-order valence-electron chi connectivity index (χ0n) is 39.4. The quantitative estimate of drug-likeness (QED) is 0.0875. The normalized spacial score (nSPS) is 11.8. The van der Waals surface area contributed by atoms with Crippen molar-refractivity contribution in [3.05, 3.63) is 301 Å². The van der Waals surface area contributed by atoms with Gasteiger partial charge in [-0.3, -0.25) is 0 Å². The highest BCUT2D eigenvalue weighted by molar-refractivity contribution is 7.20. The zero-order valence-corrected chi connectivity index (χ0v) is 42.9. The lowest BCUT2D eigenvalue weighted by Gasteiger charge is -2.37. The number of benzene rings is 11. The van der Waals surface area contributed by atoms with Gasteiger partial charge in [-0.25, -0.2) is 0 Å². The molecular weight excluding hydrogens is 948 g/mol. The van der Waals surface area contributed by atoms with E-state index < -0.39 is 16.1 Å². The number of fused-ring (bicyclic) bond motifs is 3. The maximum Gasteiger partial charge on any atom is 0.179 e. The van der Waals surface area contributed by atoms with E-state index in [-0.39, 0.29) is 0 Å². The number of hydrogen-bond acceptors (Lipinski definition) is 1. The third-order valence-electron chi connectivity index (χ3n) is 14.4. The van der Waals surface area contributed by atoms with Crippen LogP contribution in [0.5, 0.6) is 0 Å². The van der Waals surface area contributed by atoms with Crippen LogP contribution >= 0.6 is 23.2 Å². The second-order valence-corrected chi connectivity index (χ2v) is 26.7. The Morgan fingerprint density at radius 2 is 0.597 bits per heavy atom. The fourth-order valence-corrected chi connectivity index (χ4v) is 21.3. The van der Waals surface area contributed by atoms with Gasteiger partial charge in [0, 0.05) is 27.8 Å². The van der Waals surface area contributed by atoms with Crippen molar-refractivity contribution >= 4 is 120 Å². The summed E-state index contributed by atoms with van der Waals surface area (Å²) in [5.74, 6) is 0. The van der Waals surface area contributed by atoms with Crippen LogP contribution in [0.4, 0.5) is 17.1 Å². The minimum atomic E-state index is -2.98. The van der Waals surface area contributed by atoms with E-state index in [1.807, 2.05) is 6.07 Å². The van der Waals surface area contributed by atoms with Crippen LogP contribution in [0.2, 0.25) is 10.0 Å². The largest absolute Gasteiger partial charge is 0.309 e. The third kappa shape index (κ3) is 7.63. The summed E-state index contributed by atoms with van der Waals surface area (Å²) in [7, 11) is -5.95. The van der Waals surface area contributed by atoms with Crippen LogP contribution in [0.3, 0.4) is 0 Å². The number of rotatable bonds is 12. The summed E-state index contributed by atoms with van der Waals surface area (Å²) in [6.45, 7) is 0. The van der Waals surface area contributed by atoms with Gasteiger partial charge in [0.05, 0.1) is 26.8 Å². The number of halogens is 2. The molecule has 0 saturated carbocycles. The zero-order chi connectivity index (χ0) is 48.5. The average Bonchev–Trinajstić information content (AvgIpc) is 3.79. The molecule has 0 aliphatic heterocycles. The Balaban J connectivity index is 1.17. The summed E-state index contributed by atoms with van der Waals surface area (Å²) < 4.78 is 2.32. The maximum atomic E-state index is 7.73. The second kappa shape index (κ2) is 19.3. The van der Waals surface area contributed by atoms with Crippen LogP contribution in [-0.4, -0.2) is 20.7 Å². The van der Waals surface area contributed by atoms with Crippen molar-refractivity contribution in [3.8, 4) is 5.69 Å². The highest BCUT2D eigenvalue weighted by atomic mass is 35.5. The van der Waals surface area contributed by atoms with E-state index in [9.17, 15) is 0 Å². The molecular formula is C66H48Cl2N2Si2. The van der Waals surface area contributed by atoms with Crippen LogP contribution in [0.25, 0.3) is 27.5 Å². The smallest absolute Gasteiger partial charge is 0.179 e. The highest BCUT2D eigenvalue weighted by Gasteiger charge is 2.43. The van der Waals surface area contributed by atoms with E-state index in [2.05, 4.69) is 295 Å². The lowest BCUT2D eigenvalue weighted by molar-refractivity contribution is 1.17. The second-order valence-electron chi connectivity index (χ2n) is 18.3. The minimum absolute atomic E-state index is 0.464. The van der Waals surface area contributed by atoms with E-state index in [1.165, 1.54) is 52.3 Å². The van der Waals surface area contributed by atoms with Crippen LogP contribution in [0.15, 0.2) is 291 Å². The summed E-state index contributed by atoms with van der Waals surface area (Å²) in [5.41, 5.74) is 5.80. The Hall–Kier alpha value is -7.97. The molecule has 1 aromatic heterocycles. The van der Waals surface area contributed by atoms with Gasteiger partial charge in [-0.15, -0.1) is 0 Å². The highest BCUT2D eigenvalue weighted by Crippen LogP contribution is 2.44. The van der Waals surface area contributed by atoms with Crippen molar-refractivity contribution in [2.24, 2.45) is 0 Å². The lowest BCUT2D eigenvalue weighted by atomic mass is 10.1. The minimum Gasteiger partial charge on any atom is -0.309 e. The number of anilines is 3. The topological polar surface area (TPSA) is 8.17 Å². The molecule has 0 aliphatic carbocycles. The predicted molar refractivity (Wildman–Crippen MR) is 313 cm³/mol. The Bertz CT molecular complexity index is 3420. The Morgan fingerprint density at radius 3 is 0.944 bits per heavy atom. The third-order valence-corrected chi connectivity index (χ3v) is 24.7. The van der Waals surface area contributed by atoms with Gasteiger partial charge in [-0.1, -0.05) is 266 Å². The van der Waals surface area contributed by atoms with E-state index in [0.717, 1.165) is 33.8 Å². The molecule has 0 radical (unpaired) electrons. The molecule has 12 rings (SSSR count). The Labute approximate surface area is 433 Å². The predicted octanol–water partition coefficient (Wildman–Crippen LogP) is 12.3. The number of para-hydroxylation sites is 2. The lowest BCUT2D eigenvalue weighted by Crippen LogP contribution is -2.74. The summed E-state index contributed by atoms with van der Waals surface area (Å²) in [6.07, 6.45) is 0. The molecule has 12 aromatic rings. The van der Waals surface area contributed by atoms with Gasteiger partial charge in [-0.2, -0.15) is 0 Å². The number of hydrogen-bond donors (Lipinski definition) is 0. The van der Waals surface area contributed by atoms with Gasteiger partial charge in [-0.05, 0) is 90.0 Å². The van der Waals surface area contributed by atoms with Crippen molar-refractivity contribution in [2.45, 2.75) is 0 Å². The Kier molecular flexibility index (Phi) is 12.1. The molecule has 6 heteroatoms. The first-order valence-corrected chi connectivity index (χ1v) is 29.1. The van der Waals surface area contributed by atoms with Crippen LogP contribution in [0, 0.1) is 0 Å². The van der Waals surface area contributed by atoms with Crippen molar-refractivity contribution in [1.82, 2.24) is 4.57 Å². The van der Waals surface area contributed by atoms with Crippen molar-refractivity contribution in [1.29, 1.82) is 0 Å². The van der Waals surface area contributed by atoms with Crippen LogP contribution in [0.1, 0.15) is 0 Å². The average molecular weight is 996 g/mol. The van der Waals surface area contributed by atoms with Crippen molar-refractivity contribution < 1.29 is 0 Å². The standard InChI is InChI=1S/C66H48Cl2N2Si2/c67-62-47-51(70-63-43-21-19-41-60(63)61-42-20-22-44-64(61)70)48-65(66(62)68)69(49-25-23-39-58(45-49)71(52-27-7-1-8-28-52,53-29-9-2-10-30-53)54-31-11-3-12-32-54)50-26-24-40-59(46-50)72(55-33-13-4-14-34-55,56-35-15-5-16-36-56)57-37-17-6-18-38-57/h1-48H. The van der Waals surface area contributed by atoms with Gasteiger partial charge in [0.2, 0.25) is 0 Å². The molecule has 0 aliphatic rings. The van der Waals surface area contributed by atoms with Gasteiger partial charge in [0.15, 0.2) is 16.1 Å². The molecule has 72 heavy (non-hydrogen) atoms.